The third-order valence-corrected chi connectivity index (χ3v) is 3.73. The zero-order chi connectivity index (χ0) is 16.3. The highest BCUT2D eigenvalue weighted by atomic mass is 16.5. The van der Waals surface area contributed by atoms with Crippen LogP contribution in [0.5, 0.6) is 0 Å². The van der Waals surface area contributed by atoms with Gasteiger partial charge in [-0.15, -0.1) is 5.73 Å². The summed E-state index contributed by atoms with van der Waals surface area (Å²) in [4.78, 5) is 10.7. The number of hydrogen-bond acceptors (Lipinski definition) is 4. The quantitative estimate of drug-likeness (QED) is 0.477. The van der Waals surface area contributed by atoms with Gasteiger partial charge in [0.25, 0.3) is 0 Å². The van der Waals surface area contributed by atoms with E-state index in [9.17, 15) is 15.0 Å². The summed E-state index contributed by atoms with van der Waals surface area (Å²) >= 11 is 0. The summed E-state index contributed by atoms with van der Waals surface area (Å²) in [6, 6.07) is 0. The Labute approximate surface area is 126 Å². The predicted octanol–water partition coefficient (Wildman–Crippen LogP) is 2.51. The summed E-state index contributed by atoms with van der Waals surface area (Å²) < 4.78 is 4.85. The Morgan fingerprint density at radius 1 is 1.38 bits per heavy atom. The Hall–Kier alpha value is -1.35. The topological polar surface area (TPSA) is 66.8 Å². The second kappa shape index (κ2) is 6.61. The molecule has 0 aliphatic heterocycles. The van der Waals surface area contributed by atoms with Gasteiger partial charge in [-0.2, -0.15) is 0 Å². The van der Waals surface area contributed by atoms with Gasteiger partial charge >= 0.3 is 5.97 Å². The van der Waals surface area contributed by atoms with Crippen LogP contribution in [0.15, 0.2) is 29.0 Å². The van der Waals surface area contributed by atoms with Crippen molar-refractivity contribution in [2.45, 2.75) is 59.2 Å². The maximum absolute atomic E-state index is 10.7. The van der Waals surface area contributed by atoms with Gasteiger partial charge in [-0.3, -0.25) is 4.79 Å². The molecule has 2 N–H and O–H groups in total. The van der Waals surface area contributed by atoms with Gasteiger partial charge in [-0.05, 0) is 43.4 Å². The molecule has 0 heterocycles. The van der Waals surface area contributed by atoms with E-state index in [4.69, 9.17) is 4.74 Å². The maximum atomic E-state index is 10.7. The Bertz CT molecular complexity index is 471. The van der Waals surface area contributed by atoms with Crippen LogP contribution in [0.1, 0.15) is 47.5 Å². The van der Waals surface area contributed by atoms with Crippen LogP contribution in [0.3, 0.4) is 0 Å². The largest absolute Gasteiger partial charge is 0.462 e. The number of esters is 1. The molecule has 0 spiro atoms. The van der Waals surface area contributed by atoms with E-state index in [0.29, 0.717) is 12.8 Å². The fourth-order valence-electron chi connectivity index (χ4n) is 2.94. The standard InChI is InChI=1S/C17H26O4/c1-12(8-9-21-13(2)18)6-7-15-16(3,4)10-14(19)11-17(15,5)20/h6,8,14,19-20H,9-11H2,1-5H3/b12-8+/t7?,14-,17+/m0/s1. The van der Waals surface area contributed by atoms with Gasteiger partial charge in [0.2, 0.25) is 0 Å². The Balaban J connectivity index is 2.99. The fourth-order valence-corrected chi connectivity index (χ4v) is 2.94. The first-order valence-corrected chi connectivity index (χ1v) is 7.23. The molecule has 4 nitrogen and oxygen atoms in total. The van der Waals surface area contributed by atoms with Crippen molar-refractivity contribution >= 4 is 5.97 Å². The molecule has 0 aromatic rings. The van der Waals surface area contributed by atoms with Gasteiger partial charge < -0.3 is 14.9 Å². The van der Waals surface area contributed by atoms with Gasteiger partial charge in [0, 0.05) is 18.9 Å². The second-order valence-corrected chi connectivity index (χ2v) is 6.63. The van der Waals surface area contributed by atoms with Crippen LogP contribution in [0, 0.1) is 5.41 Å². The van der Waals surface area contributed by atoms with E-state index < -0.39 is 11.7 Å². The number of carbonyl (C=O) groups is 1. The molecule has 1 rings (SSSR count). The molecule has 4 heteroatoms. The summed E-state index contributed by atoms with van der Waals surface area (Å²) in [7, 11) is 0. The van der Waals surface area contributed by atoms with Crippen LogP contribution in [0.4, 0.5) is 0 Å². The lowest BCUT2D eigenvalue weighted by molar-refractivity contribution is -0.139. The minimum absolute atomic E-state index is 0.229. The molecule has 0 aromatic carbocycles. The van der Waals surface area contributed by atoms with Crippen LogP contribution in [0.25, 0.3) is 0 Å². The Morgan fingerprint density at radius 2 is 2.00 bits per heavy atom. The van der Waals surface area contributed by atoms with Gasteiger partial charge in [0.1, 0.15) is 6.61 Å². The van der Waals surface area contributed by atoms with Crippen molar-refractivity contribution in [1.29, 1.82) is 0 Å². The number of aliphatic hydroxyl groups excluding tert-OH is 1. The van der Waals surface area contributed by atoms with Gasteiger partial charge in [0.15, 0.2) is 0 Å². The van der Waals surface area contributed by atoms with Crippen molar-refractivity contribution in [3.63, 3.8) is 0 Å². The average molecular weight is 294 g/mol. The SMILES string of the molecule is CC(=O)OC/C=C(\C)C=C=C1C(C)(C)C[C@H](O)C[C@@]1(C)O. The van der Waals surface area contributed by atoms with Crippen molar-refractivity contribution in [3.8, 4) is 0 Å². The number of hydrogen-bond donors (Lipinski definition) is 2. The first-order chi connectivity index (χ1) is 9.54. The molecule has 1 saturated carbocycles. The predicted molar refractivity (Wildman–Crippen MR) is 81.6 cm³/mol. The highest BCUT2D eigenvalue weighted by Crippen LogP contribution is 2.45. The minimum Gasteiger partial charge on any atom is -0.462 e. The molecule has 21 heavy (non-hydrogen) atoms. The molecular formula is C17H26O4. The molecule has 0 saturated heterocycles. The lowest BCUT2D eigenvalue weighted by Gasteiger charge is -2.43. The molecule has 0 radical (unpaired) electrons. The molecule has 0 amide bonds. The van der Waals surface area contributed by atoms with Crippen LogP contribution < -0.4 is 0 Å². The monoisotopic (exact) mass is 294 g/mol. The van der Waals surface area contributed by atoms with E-state index in [1.54, 1.807) is 19.1 Å². The summed E-state index contributed by atoms with van der Waals surface area (Å²) in [6.07, 6.45) is 4.00. The number of aliphatic hydroxyl groups is 2. The van der Waals surface area contributed by atoms with Crippen molar-refractivity contribution in [2.75, 3.05) is 6.61 Å². The molecule has 1 aliphatic rings. The van der Waals surface area contributed by atoms with E-state index in [-0.39, 0.29) is 18.0 Å². The van der Waals surface area contributed by atoms with Crippen LogP contribution >= 0.6 is 0 Å². The third kappa shape index (κ3) is 5.16. The molecule has 1 aliphatic carbocycles. The van der Waals surface area contributed by atoms with Crippen LogP contribution in [-0.4, -0.2) is 34.5 Å². The zero-order valence-corrected chi connectivity index (χ0v) is 13.6. The van der Waals surface area contributed by atoms with Crippen molar-refractivity contribution in [2.24, 2.45) is 5.41 Å². The maximum Gasteiger partial charge on any atom is 0.302 e. The summed E-state index contributed by atoms with van der Waals surface area (Å²) in [5, 5.41) is 20.4. The molecule has 2 atom stereocenters. The van der Waals surface area contributed by atoms with Gasteiger partial charge in [-0.25, -0.2) is 0 Å². The average Bonchev–Trinajstić information content (AvgIpc) is 2.24. The van der Waals surface area contributed by atoms with Crippen LogP contribution in [-0.2, 0) is 9.53 Å². The number of allylic oxidation sites excluding steroid dienone is 1. The van der Waals surface area contributed by atoms with E-state index in [1.165, 1.54) is 6.92 Å². The smallest absolute Gasteiger partial charge is 0.302 e. The van der Waals surface area contributed by atoms with E-state index >= 15 is 0 Å². The fraction of sp³-hybridized carbons (Fsp3) is 0.647. The molecule has 0 unspecified atom stereocenters. The molecular weight excluding hydrogens is 268 g/mol. The van der Waals surface area contributed by atoms with E-state index in [2.05, 4.69) is 5.73 Å². The van der Waals surface area contributed by atoms with E-state index in [0.717, 1.165) is 11.1 Å². The summed E-state index contributed by atoms with van der Waals surface area (Å²) in [5.74, 6) is -0.313. The first kappa shape index (κ1) is 17.7. The Kier molecular flexibility index (Phi) is 5.57. The van der Waals surface area contributed by atoms with E-state index in [1.807, 2.05) is 20.8 Å². The lowest BCUT2D eigenvalue weighted by atomic mass is 9.65. The highest BCUT2D eigenvalue weighted by molar-refractivity contribution is 5.66. The molecule has 1 fully saturated rings. The first-order valence-electron chi connectivity index (χ1n) is 7.23. The molecule has 0 bridgehead atoms. The minimum atomic E-state index is -1.06. The lowest BCUT2D eigenvalue weighted by Crippen LogP contribution is -2.45. The summed E-state index contributed by atoms with van der Waals surface area (Å²) in [5.41, 5.74) is 3.51. The second-order valence-electron chi connectivity index (χ2n) is 6.63. The molecule has 118 valence electrons. The zero-order valence-electron chi connectivity index (χ0n) is 13.6. The van der Waals surface area contributed by atoms with Crippen LogP contribution in [0.2, 0.25) is 0 Å². The van der Waals surface area contributed by atoms with Crippen molar-refractivity contribution < 1.29 is 19.7 Å². The number of carbonyl (C=O) groups excluding carboxylic acids is 1. The normalized spacial score (nSPS) is 28.8. The highest BCUT2D eigenvalue weighted by Gasteiger charge is 2.44. The van der Waals surface area contributed by atoms with Gasteiger partial charge in [0.05, 0.1) is 11.7 Å². The van der Waals surface area contributed by atoms with Crippen molar-refractivity contribution in [3.05, 3.63) is 29.0 Å². The van der Waals surface area contributed by atoms with Gasteiger partial charge in [-0.1, -0.05) is 13.8 Å². The number of rotatable bonds is 3. The molecule has 0 aromatic heterocycles. The third-order valence-electron chi connectivity index (χ3n) is 3.73. The Morgan fingerprint density at radius 3 is 2.52 bits per heavy atom. The summed E-state index contributed by atoms with van der Waals surface area (Å²) in [6.45, 7) is 9.19. The number of ether oxygens (including phenoxy) is 1. The van der Waals surface area contributed by atoms with Crippen molar-refractivity contribution in [1.82, 2.24) is 0 Å².